The van der Waals surface area contributed by atoms with E-state index in [0.717, 1.165) is 0 Å². The molecule has 0 aromatic carbocycles. The summed E-state index contributed by atoms with van der Waals surface area (Å²) in [4.78, 5) is 15.3. The smallest absolute Gasteiger partial charge is 0.269 e. The highest BCUT2D eigenvalue weighted by molar-refractivity contribution is 5.93. The lowest BCUT2D eigenvalue weighted by atomic mass is 10.1. The van der Waals surface area contributed by atoms with E-state index in [-0.39, 0.29) is 18.9 Å². The predicted octanol–water partition coefficient (Wildman–Crippen LogP) is -0.524. The Morgan fingerprint density at radius 3 is 3.00 bits per heavy atom. The zero-order valence-corrected chi connectivity index (χ0v) is 11.0. The van der Waals surface area contributed by atoms with Crippen LogP contribution >= 0.6 is 0 Å². The van der Waals surface area contributed by atoms with Gasteiger partial charge in [-0.3, -0.25) is 15.1 Å². The van der Waals surface area contributed by atoms with Crippen LogP contribution in [0.1, 0.15) is 19.8 Å². The predicted molar refractivity (Wildman–Crippen MR) is 71.4 cm³/mol. The van der Waals surface area contributed by atoms with Crippen LogP contribution in [0.15, 0.2) is 16.9 Å². The van der Waals surface area contributed by atoms with Crippen LogP contribution in [0.3, 0.4) is 0 Å². The Labute approximate surface area is 114 Å². The van der Waals surface area contributed by atoms with Crippen molar-refractivity contribution in [1.29, 1.82) is 0 Å². The second-order valence-corrected chi connectivity index (χ2v) is 4.02. The summed E-state index contributed by atoms with van der Waals surface area (Å²) in [7, 11) is 0. The average Bonchev–Trinajstić information content (AvgIpc) is 2.89. The van der Waals surface area contributed by atoms with Crippen molar-refractivity contribution >= 4 is 17.7 Å². The molecule has 1 atom stereocenters. The number of anilines is 1. The number of nitrogens with zero attached hydrogens (tertiary/aromatic N) is 4. The number of aliphatic imine (C=N–C) groups is 1. The number of halogens is 1. The molecule has 0 saturated carbocycles. The number of tetrazole rings is 1. The summed E-state index contributed by atoms with van der Waals surface area (Å²) < 4.78 is 13.2. The monoisotopic (exact) mass is 284 g/mol. The van der Waals surface area contributed by atoms with E-state index >= 15 is 0 Å². The quantitative estimate of drug-likeness (QED) is 0.391. The van der Waals surface area contributed by atoms with Gasteiger partial charge in [-0.2, -0.15) is 5.21 Å². The van der Waals surface area contributed by atoms with Crippen molar-refractivity contribution in [3.8, 4) is 0 Å². The number of carbonyl (C=O) groups is 1. The Balaban J connectivity index is 2.32. The number of aromatic amines is 1. The van der Waals surface area contributed by atoms with E-state index in [4.69, 9.17) is 11.5 Å². The van der Waals surface area contributed by atoms with Crippen LogP contribution in [-0.4, -0.2) is 45.0 Å². The van der Waals surface area contributed by atoms with Crippen molar-refractivity contribution in [2.45, 2.75) is 25.8 Å². The molecule has 9 nitrogen and oxygen atoms in total. The number of hydrogen-bond acceptors (Lipinski definition) is 6. The largest absolute Gasteiger partial charge is 0.388 e. The van der Waals surface area contributed by atoms with Crippen molar-refractivity contribution in [3.63, 3.8) is 0 Å². The van der Waals surface area contributed by atoms with Gasteiger partial charge in [0.2, 0.25) is 5.91 Å². The second-order valence-electron chi connectivity index (χ2n) is 4.02. The molecule has 1 unspecified atom stereocenters. The Bertz CT molecular complexity index is 479. The van der Waals surface area contributed by atoms with Gasteiger partial charge >= 0.3 is 0 Å². The van der Waals surface area contributed by atoms with Crippen molar-refractivity contribution in [3.05, 3.63) is 11.9 Å². The van der Waals surface area contributed by atoms with E-state index in [1.807, 2.05) is 0 Å². The molecule has 110 valence electrons. The number of amidine groups is 1. The lowest BCUT2D eigenvalue weighted by Gasteiger charge is -2.08. The molecule has 1 heterocycles. The van der Waals surface area contributed by atoms with Gasteiger partial charge in [0.05, 0.1) is 18.4 Å². The Morgan fingerprint density at radius 2 is 2.40 bits per heavy atom. The summed E-state index contributed by atoms with van der Waals surface area (Å²) in [6.07, 6.45) is 1.92. The number of nitrogens with one attached hydrogen (secondary N) is 2. The Kier molecular flexibility index (Phi) is 6.23. The number of allylic oxidation sites excluding steroid dienone is 1. The molecule has 6 N–H and O–H groups in total. The fourth-order valence-electron chi connectivity index (χ4n) is 1.23. The molecule has 0 aliphatic carbocycles. The highest BCUT2D eigenvalue weighted by Gasteiger charge is 2.14. The molecule has 0 radical (unpaired) electrons. The van der Waals surface area contributed by atoms with Gasteiger partial charge < -0.3 is 11.5 Å². The van der Waals surface area contributed by atoms with E-state index in [1.165, 1.54) is 6.08 Å². The summed E-state index contributed by atoms with van der Waals surface area (Å²) in [5.41, 5.74) is 10.9. The zero-order valence-electron chi connectivity index (χ0n) is 11.0. The summed E-state index contributed by atoms with van der Waals surface area (Å²) in [5, 5.41) is 14.9. The highest BCUT2D eigenvalue weighted by atomic mass is 19.1. The normalized spacial score (nSPS) is 14.2. The van der Waals surface area contributed by atoms with E-state index in [0.29, 0.717) is 12.3 Å². The molecule has 1 aromatic heterocycles. The number of rotatable bonds is 7. The highest BCUT2D eigenvalue weighted by Crippen LogP contribution is 2.04. The minimum absolute atomic E-state index is 0.0416. The average molecular weight is 284 g/mol. The van der Waals surface area contributed by atoms with Gasteiger partial charge in [0, 0.05) is 0 Å². The fourth-order valence-corrected chi connectivity index (χ4v) is 1.23. The molecule has 0 aliphatic rings. The lowest BCUT2D eigenvalue weighted by molar-refractivity contribution is -0.117. The molecule has 0 saturated heterocycles. The standard InChI is InChI=1S/C10H17FN8O/c1-6(12)14-5-7(11)3-2-4-8(13)9(20)15-10-16-18-19-17-10/h3,8H,2,4-5,13H2,1H3,(H2,12,14)(H2,15,16,17,18,19,20)/b7-3+. The minimum atomic E-state index is -0.794. The first-order valence-corrected chi connectivity index (χ1v) is 5.90. The van der Waals surface area contributed by atoms with Crippen molar-refractivity contribution in [2.24, 2.45) is 16.5 Å². The van der Waals surface area contributed by atoms with E-state index in [9.17, 15) is 9.18 Å². The maximum Gasteiger partial charge on any atom is 0.269 e. The van der Waals surface area contributed by atoms with Crippen LogP contribution in [0.25, 0.3) is 0 Å². The minimum Gasteiger partial charge on any atom is -0.388 e. The summed E-state index contributed by atoms with van der Waals surface area (Å²) in [6.45, 7) is 1.47. The fraction of sp³-hybridized carbons (Fsp3) is 0.500. The van der Waals surface area contributed by atoms with Crippen LogP contribution < -0.4 is 16.8 Å². The first-order chi connectivity index (χ1) is 9.49. The van der Waals surface area contributed by atoms with Gasteiger partial charge in [-0.25, -0.2) is 4.39 Å². The molecule has 0 fully saturated rings. The molecule has 20 heavy (non-hydrogen) atoms. The molecule has 0 spiro atoms. The molecule has 1 rings (SSSR count). The van der Waals surface area contributed by atoms with E-state index in [2.05, 4.69) is 30.9 Å². The molecule has 1 aromatic rings. The Hall–Kier alpha value is -2.36. The third-order valence-electron chi connectivity index (χ3n) is 2.24. The SMILES string of the molecule is CC(N)=NC/C(F)=C\CCC(N)C(=O)Nc1nn[nH]n1. The van der Waals surface area contributed by atoms with Gasteiger partial charge in [0.1, 0.15) is 5.83 Å². The summed E-state index contributed by atoms with van der Waals surface area (Å²) in [5.74, 6) is -0.527. The van der Waals surface area contributed by atoms with Crippen LogP contribution in [0.2, 0.25) is 0 Å². The number of H-pyrrole nitrogens is 1. The van der Waals surface area contributed by atoms with Crippen LogP contribution in [-0.2, 0) is 4.79 Å². The van der Waals surface area contributed by atoms with Gasteiger partial charge in [-0.05, 0) is 25.0 Å². The number of carbonyl (C=O) groups excluding carboxylic acids is 1. The molecule has 1 amide bonds. The van der Waals surface area contributed by atoms with Crippen LogP contribution in [0, 0.1) is 0 Å². The maximum absolute atomic E-state index is 13.2. The second kappa shape index (κ2) is 7.94. The molecule has 0 aliphatic heterocycles. The topological polar surface area (TPSA) is 148 Å². The van der Waals surface area contributed by atoms with Gasteiger partial charge in [-0.15, -0.1) is 5.10 Å². The third kappa shape index (κ3) is 6.00. The van der Waals surface area contributed by atoms with Gasteiger partial charge in [-0.1, -0.05) is 11.2 Å². The molecule has 0 bridgehead atoms. The van der Waals surface area contributed by atoms with Crippen molar-refractivity contribution in [2.75, 3.05) is 11.9 Å². The first kappa shape index (κ1) is 15.7. The Morgan fingerprint density at radius 1 is 1.65 bits per heavy atom. The van der Waals surface area contributed by atoms with Crippen LogP contribution in [0.4, 0.5) is 10.3 Å². The first-order valence-electron chi connectivity index (χ1n) is 5.90. The van der Waals surface area contributed by atoms with Crippen molar-refractivity contribution in [1.82, 2.24) is 20.6 Å². The number of aromatic nitrogens is 4. The summed E-state index contributed by atoms with van der Waals surface area (Å²) >= 11 is 0. The maximum atomic E-state index is 13.2. The van der Waals surface area contributed by atoms with Crippen molar-refractivity contribution < 1.29 is 9.18 Å². The van der Waals surface area contributed by atoms with E-state index in [1.54, 1.807) is 6.92 Å². The van der Waals surface area contributed by atoms with Crippen LogP contribution in [0.5, 0.6) is 0 Å². The summed E-state index contributed by atoms with van der Waals surface area (Å²) in [6, 6.07) is -0.794. The number of nitrogens with two attached hydrogens (primary N) is 2. The third-order valence-corrected chi connectivity index (χ3v) is 2.24. The van der Waals surface area contributed by atoms with Gasteiger partial charge in [0.15, 0.2) is 0 Å². The zero-order chi connectivity index (χ0) is 15.0. The number of amides is 1. The molecular formula is C10H17FN8O. The van der Waals surface area contributed by atoms with Gasteiger partial charge in [0.25, 0.3) is 5.95 Å². The molecular weight excluding hydrogens is 267 g/mol. The lowest BCUT2D eigenvalue weighted by Crippen LogP contribution is -2.35. The van der Waals surface area contributed by atoms with E-state index < -0.39 is 17.8 Å². The molecule has 10 heteroatoms. The number of hydrogen-bond donors (Lipinski definition) is 4.